The van der Waals surface area contributed by atoms with Gasteiger partial charge in [-0.25, -0.2) is 0 Å². The first-order valence-corrected chi connectivity index (χ1v) is 10.3. The van der Waals surface area contributed by atoms with Gasteiger partial charge in [0.25, 0.3) is 0 Å². The first-order chi connectivity index (χ1) is 12.3. The molecule has 2 fully saturated rings. The molecule has 1 aliphatic heterocycles. The third-order valence-corrected chi connectivity index (χ3v) is 4.80. The number of rotatable bonds is 12. The van der Waals surface area contributed by atoms with Crippen LogP contribution in [0.2, 0.25) is 0 Å². The van der Waals surface area contributed by atoms with Crippen LogP contribution in [-0.4, -0.2) is 75.5 Å². The summed E-state index contributed by atoms with van der Waals surface area (Å²) in [4.78, 5) is 7.29. The van der Waals surface area contributed by atoms with Crippen LogP contribution < -0.4 is 10.6 Å². The van der Waals surface area contributed by atoms with E-state index in [9.17, 15) is 0 Å². The first-order valence-electron chi connectivity index (χ1n) is 10.3. The van der Waals surface area contributed by atoms with Crippen LogP contribution in [0.3, 0.4) is 0 Å². The number of hydrogen-bond donors (Lipinski definition) is 2. The Morgan fingerprint density at radius 3 is 2.31 bits per heavy atom. The second kappa shape index (κ2) is 14.9. The molecule has 0 aromatic heterocycles. The molecular weight excluding hydrogens is 443 g/mol. The normalized spacial score (nSPS) is 19.2. The molecule has 2 aliphatic rings. The number of piperidine rings is 1. The molecule has 26 heavy (non-hydrogen) atoms. The van der Waals surface area contributed by atoms with Gasteiger partial charge in [0.1, 0.15) is 0 Å². The van der Waals surface area contributed by atoms with Gasteiger partial charge in [0.05, 0.1) is 26.4 Å². The van der Waals surface area contributed by atoms with Crippen molar-refractivity contribution in [3.63, 3.8) is 0 Å². The van der Waals surface area contributed by atoms with Crippen LogP contribution in [0.1, 0.15) is 52.4 Å². The van der Waals surface area contributed by atoms with Gasteiger partial charge in [0.15, 0.2) is 5.96 Å². The molecule has 1 aliphatic carbocycles. The third kappa shape index (κ3) is 10.3. The number of guanidine groups is 1. The van der Waals surface area contributed by atoms with Gasteiger partial charge in [0.2, 0.25) is 0 Å². The Balaban J connectivity index is 0.00000338. The van der Waals surface area contributed by atoms with E-state index in [2.05, 4.69) is 34.4 Å². The van der Waals surface area contributed by atoms with E-state index in [1.54, 1.807) is 0 Å². The zero-order chi connectivity index (χ0) is 17.7. The number of likely N-dealkylation sites (tertiary alicyclic amines) is 1. The Hall–Kier alpha value is -0.120. The van der Waals surface area contributed by atoms with Crippen LogP contribution in [0.5, 0.6) is 0 Å². The van der Waals surface area contributed by atoms with Gasteiger partial charge < -0.3 is 25.0 Å². The number of ether oxygens (including phenoxy) is 2. The molecule has 0 aromatic rings. The molecule has 1 saturated carbocycles. The SMILES string of the molecule is CCCCOCCOCCN=C(NCC)NC1CCN(C2CC2)CC1.I. The zero-order valence-electron chi connectivity index (χ0n) is 16.7. The highest BCUT2D eigenvalue weighted by Crippen LogP contribution is 2.29. The summed E-state index contributed by atoms with van der Waals surface area (Å²) in [5, 5.41) is 6.94. The number of hydrogen-bond acceptors (Lipinski definition) is 4. The molecule has 6 nitrogen and oxygen atoms in total. The maximum Gasteiger partial charge on any atom is 0.191 e. The number of halogens is 1. The van der Waals surface area contributed by atoms with E-state index >= 15 is 0 Å². The monoisotopic (exact) mass is 482 g/mol. The van der Waals surface area contributed by atoms with E-state index in [4.69, 9.17) is 9.47 Å². The lowest BCUT2D eigenvalue weighted by Crippen LogP contribution is -2.49. The van der Waals surface area contributed by atoms with Crippen LogP contribution in [0.4, 0.5) is 0 Å². The summed E-state index contributed by atoms with van der Waals surface area (Å²) in [6.45, 7) is 11.1. The lowest BCUT2D eigenvalue weighted by atomic mass is 10.1. The van der Waals surface area contributed by atoms with Gasteiger partial charge in [-0.15, -0.1) is 24.0 Å². The van der Waals surface area contributed by atoms with Crippen molar-refractivity contribution in [3.05, 3.63) is 0 Å². The molecule has 1 saturated heterocycles. The van der Waals surface area contributed by atoms with E-state index in [-0.39, 0.29) is 24.0 Å². The van der Waals surface area contributed by atoms with Crippen molar-refractivity contribution in [1.82, 2.24) is 15.5 Å². The smallest absolute Gasteiger partial charge is 0.191 e. The summed E-state index contributed by atoms with van der Waals surface area (Å²) in [6.07, 6.45) is 7.55. The van der Waals surface area contributed by atoms with Crippen LogP contribution in [-0.2, 0) is 9.47 Å². The molecule has 0 radical (unpaired) electrons. The fraction of sp³-hybridized carbons (Fsp3) is 0.947. The number of unbranched alkanes of at least 4 members (excludes halogenated alkanes) is 1. The molecule has 0 atom stereocenters. The van der Waals surface area contributed by atoms with E-state index in [1.165, 1.54) is 45.2 Å². The first kappa shape index (κ1) is 23.9. The van der Waals surface area contributed by atoms with Crippen molar-refractivity contribution in [2.45, 2.75) is 64.5 Å². The van der Waals surface area contributed by atoms with E-state index in [0.29, 0.717) is 32.4 Å². The van der Waals surface area contributed by atoms with Gasteiger partial charge >= 0.3 is 0 Å². The lowest BCUT2D eigenvalue weighted by molar-refractivity contribution is 0.0497. The summed E-state index contributed by atoms with van der Waals surface area (Å²) < 4.78 is 11.1. The van der Waals surface area contributed by atoms with Crippen LogP contribution in [0.25, 0.3) is 0 Å². The second-order valence-corrected chi connectivity index (χ2v) is 7.02. The summed E-state index contributed by atoms with van der Waals surface area (Å²) in [5.41, 5.74) is 0. The fourth-order valence-corrected chi connectivity index (χ4v) is 3.15. The molecule has 0 bridgehead atoms. The molecule has 0 spiro atoms. The number of nitrogens with zero attached hydrogens (tertiary/aromatic N) is 2. The fourth-order valence-electron chi connectivity index (χ4n) is 3.15. The Kier molecular flexibility index (Phi) is 13.7. The minimum atomic E-state index is 0. The van der Waals surface area contributed by atoms with Gasteiger partial charge in [-0.05, 0) is 39.0 Å². The van der Waals surface area contributed by atoms with Crippen molar-refractivity contribution in [3.8, 4) is 0 Å². The number of nitrogens with one attached hydrogen (secondary N) is 2. The van der Waals surface area contributed by atoms with Gasteiger partial charge in [-0.2, -0.15) is 0 Å². The minimum absolute atomic E-state index is 0. The maximum absolute atomic E-state index is 5.59. The van der Waals surface area contributed by atoms with Gasteiger partial charge in [-0.1, -0.05) is 13.3 Å². The standard InChI is InChI=1S/C19H38N4O2.HI/c1-3-5-13-24-15-16-25-14-10-21-19(20-4-2)22-17-8-11-23(12-9-17)18-6-7-18;/h17-18H,3-16H2,1-2H3,(H2,20,21,22);1H. The maximum atomic E-state index is 5.59. The van der Waals surface area contributed by atoms with Crippen LogP contribution in [0, 0.1) is 0 Å². The molecule has 2 rings (SSSR count). The Labute approximate surface area is 176 Å². The second-order valence-electron chi connectivity index (χ2n) is 7.02. The van der Waals surface area contributed by atoms with Crippen molar-refractivity contribution in [2.75, 3.05) is 52.6 Å². The number of aliphatic imine (C=N–C) groups is 1. The Morgan fingerprint density at radius 1 is 1.00 bits per heavy atom. The Morgan fingerprint density at radius 2 is 1.69 bits per heavy atom. The highest BCUT2D eigenvalue weighted by molar-refractivity contribution is 14.0. The van der Waals surface area contributed by atoms with Crippen molar-refractivity contribution in [2.24, 2.45) is 4.99 Å². The molecule has 0 aromatic carbocycles. The third-order valence-electron chi connectivity index (χ3n) is 4.80. The van der Waals surface area contributed by atoms with Crippen molar-refractivity contribution >= 4 is 29.9 Å². The van der Waals surface area contributed by atoms with Gasteiger partial charge in [0, 0.05) is 38.3 Å². The molecule has 2 N–H and O–H groups in total. The summed E-state index contributed by atoms with van der Waals surface area (Å²) in [6, 6.07) is 1.44. The molecule has 0 amide bonds. The zero-order valence-corrected chi connectivity index (χ0v) is 19.0. The van der Waals surface area contributed by atoms with Crippen LogP contribution >= 0.6 is 24.0 Å². The molecule has 154 valence electrons. The lowest BCUT2D eigenvalue weighted by Gasteiger charge is -2.33. The summed E-state index contributed by atoms with van der Waals surface area (Å²) >= 11 is 0. The quantitative estimate of drug-likeness (QED) is 0.194. The molecule has 7 heteroatoms. The summed E-state index contributed by atoms with van der Waals surface area (Å²) in [5.74, 6) is 0.926. The van der Waals surface area contributed by atoms with E-state index in [1.807, 2.05) is 0 Å². The minimum Gasteiger partial charge on any atom is -0.379 e. The highest BCUT2D eigenvalue weighted by Gasteiger charge is 2.31. The molecule has 1 heterocycles. The average molecular weight is 482 g/mol. The Bertz CT molecular complexity index is 373. The van der Waals surface area contributed by atoms with E-state index in [0.717, 1.165) is 31.6 Å². The topological polar surface area (TPSA) is 58.1 Å². The summed E-state index contributed by atoms with van der Waals surface area (Å²) in [7, 11) is 0. The average Bonchev–Trinajstić information content (AvgIpc) is 3.46. The van der Waals surface area contributed by atoms with Crippen molar-refractivity contribution in [1.29, 1.82) is 0 Å². The van der Waals surface area contributed by atoms with Gasteiger partial charge in [-0.3, -0.25) is 4.99 Å². The van der Waals surface area contributed by atoms with E-state index < -0.39 is 0 Å². The predicted molar refractivity (Wildman–Crippen MR) is 119 cm³/mol. The predicted octanol–water partition coefficient (Wildman–Crippen LogP) is 2.62. The molecule has 0 unspecified atom stereocenters. The van der Waals surface area contributed by atoms with Crippen molar-refractivity contribution < 1.29 is 9.47 Å². The molecular formula is C19H39IN4O2. The van der Waals surface area contributed by atoms with Crippen LogP contribution in [0.15, 0.2) is 4.99 Å². The largest absolute Gasteiger partial charge is 0.379 e. The highest BCUT2D eigenvalue weighted by atomic mass is 127.